The Morgan fingerprint density at radius 1 is 0.688 bits per heavy atom. The number of rotatable bonds is 1. The van der Waals surface area contributed by atoms with Gasteiger partial charge in [0.1, 0.15) is 0 Å². The molecule has 0 bridgehead atoms. The van der Waals surface area contributed by atoms with Crippen LogP contribution in [-0.4, -0.2) is 0 Å². The molecule has 0 aromatic heterocycles. The molecule has 2 aromatic rings. The van der Waals surface area contributed by atoms with Crippen molar-refractivity contribution in [1.82, 2.24) is 0 Å². The van der Waals surface area contributed by atoms with Crippen LogP contribution in [0.3, 0.4) is 0 Å². The minimum Gasteiger partial charge on any atom is -0.285 e. The van der Waals surface area contributed by atoms with Gasteiger partial charge in [-0.25, -0.2) is 0 Å². The van der Waals surface area contributed by atoms with Crippen molar-refractivity contribution in [2.45, 2.75) is 0 Å². The third kappa shape index (κ3) is 1.50. The zero-order chi connectivity index (χ0) is 11.7. The van der Waals surface area contributed by atoms with Gasteiger partial charge in [0, 0.05) is 11.6 Å². The van der Waals surface area contributed by atoms with E-state index in [1.807, 2.05) is 0 Å². The summed E-state index contributed by atoms with van der Waals surface area (Å²) in [4.78, 5) is 44.7. The number of hydrogen-bond donors (Lipinski definition) is 0. The van der Waals surface area contributed by atoms with Gasteiger partial charge in [0.2, 0.25) is 10.9 Å². The van der Waals surface area contributed by atoms with E-state index in [1.54, 1.807) is 30.3 Å². The molecule has 0 aliphatic rings. The maximum Gasteiger partial charge on any atom is 0.277 e. The van der Waals surface area contributed by atoms with Crippen LogP contribution in [0.1, 0.15) is 0 Å². The second-order valence-electron chi connectivity index (χ2n) is 3.28. The summed E-state index contributed by atoms with van der Waals surface area (Å²) in [7, 11) is 0. The molecule has 16 heavy (non-hydrogen) atoms. The molecular formula is C12H6O4. The molecule has 0 N–H and O–H groups in total. The maximum absolute atomic E-state index is 11.5. The lowest BCUT2D eigenvalue weighted by atomic mass is 10.1. The zero-order valence-electron chi connectivity index (χ0n) is 8.10. The smallest absolute Gasteiger partial charge is 0.277 e. The first-order valence-electron chi connectivity index (χ1n) is 4.55. The molecule has 0 fully saturated rings. The van der Waals surface area contributed by atoms with Gasteiger partial charge in [0.25, 0.3) is 10.9 Å². The minimum atomic E-state index is -1.26. The molecule has 0 unspecified atom stereocenters. The van der Waals surface area contributed by atoms with Gasteiger partial charge in [0.05, 0.1) is 0 Å². The van der Waals surface area contributed by atoms with E-state index < -0.39 is 21.7 Å². The average molecular weight is 214 g/mol. The Bertz CT molecular complexity index is 722. The average Bonchev–Trinajstić information content (AvgIpc) is 2.32. The van der Waals surface area contributed by atoms with Crippen LogP contribution in [0.25, 0.3) is 11.1 Å². The van der Waals surface area contributed by atoms with Crippen molar-refractivity contribution >= 4 is 0 Å². The monoisotopic (exact) mass is 214 g/mol. The lowest BCUT2D eigenvalue weighted by Gasteiger charge is -1.96. The third-order valence-corrected chi connectivity index (χ3v) is 2.24. The van der Waals surface area contributed by atoms with E-state index in [0.29, 0.717) is 5.56 Å². The fourth-order valence-electron chi connectivity index (χ4n) is 1.43. The van der Waals surface area contributed by atoms with Crippen molar-refractivity contribution in [2.75, 3.05) is 0 Å². The van der Waals surface area contributed by atoms with E-state index in [0.717, 1.165) is 6.07 Å². The van der Waals surface area contributed by atoms with E-state index in [-0.39, 0.29) is 5.56 Å². The fourth-order valence-corrected chi connectivity index (χ4v) is 1.43. The third-order valence-electron chi connectivity index (χ3n) is 2.24. The summed E-state index contributed by atoms with van der Waals surface area (Å²) >= 11 is 0. The first kappa shape index (κ1) is 10.2. The van der Waals surface area contributed by atoms with Crippen LogP contribution in [0, 0.1) is 0 Å². The highest BCUT2D eigenvalue weighted by molar-refractivity contribution is 5.62. The van der Waals surface area contributed by atoms with Crippen LogP contribution in [0.5, 0.6) is 0 Å². The Hall–Kier alpha value is -2.36. The molecule has 2 rings (SSSR count). The Morgan fingerprint density at radius 3 is 1.94 bits per heavy atom. The molecule has 0 aliphatic heterocycles. The van der Waals surface area contributed by atoms with Crippen molar-refractivity contribution in [2.24, 2.45) is 0 Å². The normalized spacial score (nSPS) is 10.2. The molecule has 0 spiro atoms. The molecule has 4 heteroatoms. The van der Waals surface area contributed by atoms with E-state index in [2.05, 4.69) is 0 Å². The highest BCUT2D eigenvalue weighted by Crippen LogP contribution is 2.10. The first-order valence-corrected chi connectivity index (χ1v) is 4.55. The maximum atomic E-state index is 11.5. The van der Waals surface area contributed by atoms with Crippen molar-refractivity contribution in [3.63, 3.8) is 0 Å². The Kier molecular flexibility index (Phi) is 2.32. The van der Waals surface area contributed by atoms with E-state index in [9.17, 15) is 19.2 Å². The Labute approximate surface area is 89.1 Å². The number of benzene rings is 2. The molecular weight excluding hydrogens is 208 g/mol. The molecule has 0 saturated heterocycles. The van der Waals surface area contributed by atoms with Crippen LogP contribution in [0.15, 0.2) is 55.6 Å². The van der Waals surface area contributed by atoms with Gasteiger partial charge in [-0.15, -0.1) is 0 Å². The topological polar surface area (TPSA) is 68.3 Å². The molecule has 0 heterocycles. The van der Waals surface area contributed by atoms with Gasteiger partial charge in [0.15, 0.2) is 0 Å². The molecule has 0 aliphatic carbocycles. The lowest BCUT2D eigenvalue weighted by molar-refractivity contribution is 1.34. The summed E-state index contributed by atoms with van der Waals surface area (Å²) in [5, 5.41) is 0. The largest absolute Gasteiger partial charge is 0.285 e. The lowest BCUT2D eigenvalue weighted by Crippen LogP contribution is -2.46. The van der Waals surface area contributed by atoms with Crippen molar-refractivity contribution < 1.29 is 0 Å². The van der Waals surface area contributed by atoms with Crippen molar-refractivity contribution in [3.8, 4) is 11.1 Å². The molecule has 0 saturated carbocycles. The second-order valence-corrected chi connectivity index (χ2v) is 3.28. The van der Waals surface area contributed by atoms with Gasteiger partial charge in [-0.2, -0.15) is 0 Å². The van der Waals surface area contributed by atoms with Crippen LogP contribution >= 0.6 is 0 Å². The van der Waals surface area contributed by atoms with Gasteiger partial charge in [-0.1, -0.05) is 30.3 Å². The predicted octanol–water partition coefficient (Wildman–Crippen LogP) is -0.330. The van der Waals surface area contributed by atoms with Crippen molar-refractivity contribution in [3.05, 3.63) is 77.3 Å². The highest BCUT2D eigenvalue weighted by Gasteiger charge is 2.11. The van der Waals surface area contributed by atoms with Gasteiger partial charge in [-0.05, 0) is 5.56 Å². The SMILES string of the molecule is O=c1cc(-c2ccccc2)c(=O)c(=O)c1=O. The van der Waals surface area contributed by atoms with Gasteiger partial charge >= 0.3 is 0 Å². The summed E-state index contributed by atoms with van der Waals surface area (Å²) in [6.07, 6.45) is 0. The van der Waals surface area contributed by atoms with Crippen LogP contribution < -0.4 is 21.7 Å². The minimum absolute atomic E-state index is 0.0183. The first-order chi connectivity index (χ1) is 7.61. The second kappa shape index (κ2) is 3.66. The molecule has 0 amide bonds. The van der Waals surface area contributed by atoms with Crippen LogP contribution in [0.2, 0.25) is 0 Å². The highest BCUT2D eigenvalue weighted by atomic mass is 16.2. The predicted molar refractivity (Wildman–Crippen MR) is 59.3 cm³/mol. The molecule has 0 radical (unpaired) electrons. The van der Waals surface area contributed by atoms with Gasteiger partial charge in [-0.3, -0.25) is 19.2 Å². The Morgan fingerprint density at radius 2 is 1.31 bits per heavy atom. The summed E-state index contributed by atoms with van der Waals surface area (Å²) in [5.41, 5.74) is -3.94. The summed E-state index contributed by atoms with van der Waals surface area (Å²) in [6.45, 7) is 0. The van der Waals surface area contributed by atoms with Crippen LogP contribution in [0.4, 0.5) is 0 Å². The number of hydrogen-bond acceptors (Lipinski definition) is 4. The van der Waals surface area contributed by atoms with Crippen LogP contribution in [-0.2, 0) is 0 Å². The summed E-state index contributed by atoms with van der Waals surface area (Å²) in [5.74, 6) is 0. The molecule has 4 nitrogen and oxygen atoms in total. The standard InChI is InChI=1S/C12H6O4/c13-9-6-8(7-4-2-1-3-5-7)10(14)12(16)11(9)15/h1-6H. The van der Waals surface area contributed by atoms with E-state index in [1.165, 1.54) is 0 Å². The van der Waals surface area contributed by atoms with E-state index >= 15 is 0 Å². The van der Waals surface area contributed by atoms with E-state index in [4.69, 9.17) is 0 Å². The summed E-state index contributed by atoms with van der Waals surface area (Å²) in [6, 6.07) is 9.21. The zero-order valence-corrected chi connectivity index (χ0v) is 8.10. The summed E-state index contributed by atoms with van der Waals surface area (Å²) < 4.78 is 0. The Balaban J connectivity index is 2.89. The molecule has 2 aromatic carbocycles. The molecule has 78 valence electrons. The van der Waals surface area contributed by atoms with Crippen molar-refractivity contribution in [1.29, 1.82) is 0 Å². The van der Waals surface area contributed by atoms with Gasteiger partial charge < -0.3 is 0 Å². The quantitative estimate of drug-likeness (QED) is 0.609. The molecule has 0 atom stereocenters. The fraction of sp³-hybridized carbons (Fsp3) is 0.